The van der Waals surface area contributed by atoms with Crippen LogP contribution in [-0.2, 0) is 28.6 Å². The molecule has 0 saturated carbocycles. The SMILES string of the molecule is CC/C=C\C/C=C\C/C=C\C/C=C\CCCCCCCCC(=O)OC(COC(=O)CCCCCCC/C=C\C/C=C\CCCCC)COC(=O)CCCCCCCCCCCCCCCCC/C=C\C/C=C\CCCCCCC. The highest BCUT2D eigenvalue weighted by Gasteiger charge is 2.19. The van der Waals surface area contributed by atoms with Gasteiger partial charge in [0.05, 0.1) is 0 Å². The number of ether oxygens (including phenoxy) is 3. The first-order chi connectivity index (χ1) is 39.0. The molecule has 1 atom stereocenters. The van der Waals surface area contributed by atoms with Gasteiger partial charge in [-0.05, 0) is 122 Å². The maximum absolute atomic E-state index is 12.9. The summed E-state index contributed by atoms with van der Waals surface area (Å²) in [6.45, 7) is 6.50. The predicted octanol–water partition coefficient (Wildman–Crippen LogP) is 23.2. The topological polar surface area (TPSA) is 78.9 Å². The summed E-state index contributed by atoms with van der Waals surface area (Å²) in [5.74, 6) is -0.903. The van der Waals surface area contributed by atoms with E-state index in [1.54, 1.807) is 0 Å². The molecule has 0 fully saturated rings. The number of hydrogen-bond donors (Lipinski definition) is 0. The lowest BCUT2D eigenvalue weighted by molar-refractivity contribution is -0.167. The van der Waals surface area contributed by atoms with Crippen molar-refractivity contribution >= 4 is 17.9 Å². The summed E-state index contributed by atoms with van der Waals surface area (Å²) >= 11 is 0. The van der Waals surface area contributed by atoms with Crippen LogP contribution in [0, 0.1) is 0 Å². The second-order valence-corrected chi connectivity index (χ2v) is 22.3. The highest BCUT2D eigenvalue weighted by atomic mass is 16.6. The number of esters is 3. The quantitative estimate of drug-likeness (QED) is 0.0261. The Morgan fingerprint density at radius 1 is 0.266 bits per heavy atom. The highest BCUT2D eigenvalue weighted by molar-refractivity contribution is 5.71. The van der Waals surface area contributed by atoms with E-state index < -0.39 is 6.10 Å². The number of carbonyl (C=O) groups excluding carboxylic acids is 3. The largest absolute Gasteiger partial charge is 0.462 e. The van der Waals surface area contributed by atoms with Crippen molar-refractivity contribution < 1.29 is 28.6 Å². The van der Waals surface area contributed by atoms with Gasteiger partial charge in [0, 0.05) is 19.3 Å². The Labute approximate surface area is 489 Å². The van der Waals surface area contributed by atoms with Crippen LogP contribution in [-0.4, -0.2) is 37.2 Å². The van der Waals surface area contributed by atoms with E-state index in [0.29, 0.717) is 19.3 Å². The molecule has 0 aromatic heterocycles. The summed E-state index contributed by atoms with van der Waals surface area (Å²) in [5.41, 5.74) is 0. The molecule has 6 heteroatoms. The van der Waals surface area contributed by atoms with Crippen molar-refractivity contribution in [3.8, 4) is 0 Å². The summed E-state index contributed by atoms with van der Waals surface area (Å²) < 4.78 is 16.9. The lowest BCUT2D eigenvalue weighted by atomic mass is 10.0. The third-order valence-corrected chi connectivity index (χ3v) is 14.5. The highest BCUT2D eigenvalue weighted by Crippen LogP contribution is 2.17. The number of rotatable bonds is 61. The number of unbranched alkanes of at least 4 members (excludes halogenated alkanes) is 34. The standard InChI is InChI=1S/C73H126O6/c1-4-7-10-13-16-19-22-25-28-30-32-33-34-35-36-37-38-39-41-42-45-48-51-54-57-60-63-66-72(75)78-69-70(68-77-71(74)65-62-59-56-53-50-47-44-27-24-21-18-15-12-9-6-3)79-73(76)67-64-61-58-55-52-49-46-43-40-31-29-26-23-20-17-14-11-8-5-2/h8,11,17-18,20-22,25-27,29-30,32,40,43-44,70H,4-7,9-10,12-16,19,23-24,28,31,33-39,41-42,45-69H2,1-3H3/b11-8-,20-17-,21-18-,25-22-,29-26-,32-30-,43-40-,44-27-. The van der Waals surface area contributed by atoms with Gasteiger partial charge < -0.3 is 14.2 Å². The van der Waals surface area contributed by atoms with Gasteiger partial charge in [0.2, 0.25) is 0 Å². The zero-order valence-electron chi connectivity index (χ0n) is 52.1. The number of carbonyl (C=O) groups is 3. The molecule has 0 aliphatic heterocycles. The molecule has 0 aromatic rings. The van der Waals surface area contributed by atoms with Crippen molar-refractivity contribution in [3.05, 3.63) is 97.2 Å². The molecule has 1 unspecified atom stereocenters. The molecule has 0 rings (SSSR count). The minimum atomic E-state index is -0.793. The van der Waals surface area contributed by atoms with Crippen LogP contribution in [0.5, 0.6) is 0 Å². The van der Waals surface area contributed by atoms with Crippen molar-refractivity contribution in [2.75, 3.05) is 13.2 Å². The second kappa shape index (κ2) is 66.8. The van der Waals surface area contributed by atoms with Crippen molar-refractivity contribution in [1.29, 1.82) is 0 Å². The molecular weight excluding hydrogens is 973 g/mol. The lowest BCUT2D eigenvalue weighted by Crippen LogP contribution is -2.30. The van der Waals surface area contributed by atoms with Gasteiger partial charge in [0.25, 0.3) is 0 Å². The Hall–Kier alpha value is -3.67. The molecule has 0 aliphatic carbocycles. The average Bonchev–Trinajstić information content (AvgIpc) is 3.45. The third kappa shape index (κ3) is 65.0. The maximum atomic E-state index is 12.9. The van der Waals surface area contributed by atoms with Gasteiger partial charge in [0.1, 0.15) is 13.2 Å². The van der Waals surface area contributed by atoms with Crippen molar-refractivity contribution in [3.63, 3.8) is 0 Å². The molecule has 79 heavy (non-hydrogen) atoms. The van der Waals surface area contributed by atoms with Crippen molar-refractivity contribution in [2.45, 2.75) is 335 Å². The van der Waals surface area contributed by atoms with Gasteiger partial charge >= 0.3 is 17.9 Å². The van der Waals surface area contributed by atoms with E-state index in [9.17, 15) is 14.4 Å². The van der Waals surface area contributed by atoms with Gasteiger partial charge in [-0.1, -0.05) is 285 Å². The van der Waals surface area contributed by atoms with E-state index >= 15 is 0 Å². The molecule has 0 radical (unpaired) electrons. The summed E-state index contributed by atoms with van der Waals surface area (Å²) in [6, 6.07) is 0. The minimum Gasteiger partial charge on any atom is -0.462 e. The van der Waals surface area contributed by atoms with Crippen LogP contribution in [0.25, 0.3) is 0 Å². The average molecular weight is 1100 g/mol. The van der Waals surface area contributed by atoms with Gasteiger partial charge in [0.15, 0.2) is 6.10 Å². The summed E-state index contributed by atoms with van der Waals surface area (Å²) in [5, 5.41) is 0. The van der Waals surface area contributed by atoms with E-state index in [4.69, 9.17) is 14.2 Å². The fourth-order valence-corrected chi connectivity index (χ4v) is 9.50. The van der Waals surface area contributed by atoms with Crippen LogP contribution in [0.1, 0.15) is 329 Å². The van der Waals surface area contributed by atoms with E-state index in [1.807, 2.05) is 0 Å². The van der Waals surface area contributed by atoms with Crippen LogP contribution in [0.3, 0.4) is 0 Å². The summed E-state index contributed by atoms with van der Waals surface area (Å²) in [6.07, 6.45) is 89.9. The first kappa shape index (κ1) is 75.3. The molecule has 0 bridgehead atoms. The molecule has 0 N–H and O–H groups in total. The Bertz CT molecular complexity index is 1540. The number of hydrogen-bond acceptors (Lipinski definition) is 6. The smallest absolute Gasteiger partial charge is 0.306 e. The molecule has 0 amide bonds. The molecule has 0 spiro atoms. The Morgan fingerprint density at radius 3 is 0.797 bits per heavy atom. The lowest BCUT2D eigenvalue weighted by Gasteiger charge is -2.18. The second-order valence-electron chi connectivity index (χ2n) is 22.3. The zero-order valence-corrected chi connectivity index (χ0v) is 52.1. The fourth-order valence-electron chi connectivity index (χ4n) is 9.50. The summed E-state index contributed by atoms with van der Waals surface area (Å²) in [7, 11) is 0. The normalized spacial score (nSPS) is 12.7. The van der Waals surface area contributed by atoms with Gasteiger partial charge in [-0.25, -0.2) is 0 Å². The van der Waals surface area contributed by atoms with E-state index in [1.165, 1.54) is 161 Å². The van der Waals surface area contributed by atoms with E-state index in [2.05, 4.69) is 118 Å². The van der Waals surface area contributed by atoms with Crippen molar-refractivity contribution in [2.24, 2.45) is 0 Å². The molecule has 0 aromatic carbocycles. The Kier molecular flexibility index (Phi) is 63.7. The van der Waals surface area contributed by atoms with Gasteiger partial charge in [-0.3, -0.25) is 14.4 Å². The number of allylic oxidation sites excluding steroid dienone is 16. The minimum absolute atomic E-state index is 0.0868. The molecule has 0 aliphatic rings. The fraction of sp³-hybridized carbons (Fsp3) is 0.740. The molecule has 0 saturated heterocycles. The van der Waals surface area contributed by atoms with Gasteiger partial charge in [-0.2, -0.15) is 0 Å². The molecule has 454 valence electrons. The molecule has 6 nitrogen and oxygen atoms in total. The Balaban J connectivity index is 4.32. The Morgan fingerprint density at radius 2 is 0.494 bits per heavy atom. The van der Waals surface area contributed by atoms with Crippen LogP contribution in [0.2, 0.25) is 0 Å². The van der Waals surface area contributed by atoms with E-state index in [0.717, 1.165) is 128 Å². The van der Waals surface area contributed by atoms with Crippen LogP contribution in [0.15, 0.2) is 97.2 Å². The summed E-state index contributed by atoms with van der Waals surface area (Å²) in [4.78, 5) is 38.4. The zero-order chi connectivity index (χ0) is 57.1. The maximum Gasteiger partial charge on any atom is 0.306 e. The first-order valence-corrected chi connectivity index (χ1v) is 33.7. The molecule has 0 heterocycles. The third-order valence-electron chi connectivity index (χ3n) is 14.5. The first-order valence-electron chi connectivity index (χ1n) is 33.7. The molecular formula is C73H126O6. The monoisotopic (exact) mass is 1100 g/mol. The van der Waals surface area contributed by atoms with Crippen LogP contribution < -0.4 is 0 Å². The predicted molar refractivity (Wildman–Crippen MR) is 344 cm³/mol. The van der Waals surface area contributed by atoms with Crippen LogP contribution in [0.4, 0.5) is 0 Å². The van der Waals surface area contributed by atoms with Crippen LogP contribution >= 0.6 is 0 Å². The van der Waals surface area contributed by atoms with Crippen molar-refractivity contribution in [1.82, 2.24) is 0 Å². The van der Waals surface area contributed by atoms with E-state index in [-0.39, 0.29) is 31.1 Å². The van der Waals surface area contributed by atoms with Gasteiger partial charge in [-0.15, -0.1) is 0 Å².